The molecule has 1 aliphatic heterocycles. The number of nitrogens with one attached hydrogen (secondary N) is 1. The number of hydrogen-bond acceptors (Lipinski definition) is 5. The minimum Gasteiger partial charge on any atom is -0.493 e. The molecule has 3 rings (SSSR count). The highest BCUT2D eigenvalue weighted by atomic mass is 16.5. The Morgan fingerprint density at radius 3 is 2.62 bits per heavy atom. The van der Waals surface area contributed by atoms with E-state index in [0.717, 1.165) is 43.1 Å². The first kappa shape index (κ1) is 17.0. The second-order valence-corrected chi connectivity index (χ2v) is 6.93. The summed E-state index contributed by atoms with van der Waals surface area (Å²) in [5, 5.41) is 3.06. The lowest BCUT2D eigenvalue weighted by Gasteiger charge is -2.37. The number of rotatable bonds is 4. The SMILES string of the molecule is COc1c(N2C[C@H]3C[C@@H](NC(C)=O)[C@H](OC)C[C@H]3C2)ccnc1C. The molecule has 6 heteroatoms. The number of aromatic nitrogens is 1. The number of nitrogens with zero attached hydrogens (tertiary/aromatic N) is 2. The summed E-state index contributed by atoms with van der Waals surface area (Å²) in [6.07, 6.45) is 3.88. The van der Waals surface area contributed by atoms with E-state index in [4.69, 9.17) is 9.47 Å². The number of anilines is 1. The topological polar surface area (TPSA) is 63.7 Å². The van der Waals surface area contributed by atoms with E-state index in [2.05, 4.69) is 15.2 Å². The molecule has 1 amide bonds. The van der Waals surface area contributed by atoms with Gasteiger partial charge in [0.15, 0.2) is 5.75 Å². The Hall–Kier alpha value is -1.82. The van der Waals surface area contributed by atoms with E-state index >= 15 is 0 Å². The third-order valence-electron chi connectivity index (χ3n) is 5.42. The van der Waals surface area contributed by atoms with Gasteiger partial charge in [-0.2, -0.15) is 0 Å². The van der Waals surface area contributed by atoms with Crippen LogP contribution in [-0.2, 0) is 9.53 Å². The van der Waals surface area contributed by atoms with Crippen molar-refractivity contribution >= 4 is 11.6 Å². The molecule has 6 nitrogen and oxygen atoms in total. The average molecular weight is 333 g/mol. The van der Waals surface area contributed by atoms with Gasteiger partial charge in [0.25, 0.3) is 0 Å². The van der Waals surface area contributed by atoms with E-state index in [1.165, 1.54) is 0 Å². The molecule has 2 fully saturated rings. The minimum atomic E-state index is 0.0155. The second kappa shape index (κ2) is 6.97. The molecule has 132 valence electrons. The van der Waals surface area contributed by atoms with E-state index in [1.807, 2.05) is 19.2 Å². The van der Waals surface area contributed by atoms with Crippen LogP contribution < -0.4 is 15.0 Å². The third-order valence-corrected chi connectivity index (χ3v) is 5.42. The lowest BCUT2D eigenvalue weighted by molar-refractivity contribution is -0.121. The summed E-state index contributed by atoms with van der Waals surface area (Å²) in [6.45, 7) is 5.53. The molecule has 0 spiro atoms. The quantitative estimate of drug-likeness (QED) is 0.910. The number of carbonyl (C=O) groups is 1. The number of pyridine rings is 1. The molecular formula is C18H27N3O3. The summed E-state index contributed by atoms with van der Waals surface area (Å²) < 4.78 is 11.2. The first-order valence-corrected chi connectivity index (χ1v) is 8.58. The molecular weight excluding hydrogens is 306 g/mol. The lowest BCUT2D eigenvalue weighted by atomic mass is 9.77. The lowest BCUT2D eigenvalue weighted by Crippen LogP contribution is -2.49. The maximum Gasteiger partial charge on any atom is 0.217 e. The summed E-state index contributed by atoms with van der Waals surface area (Å²) in [5.41, 5.74) is 2.03. The van der Waals surface area contributed by atoms with Crippen LogP contribution in [0, 0.1) is 18.8 Å². The van der Waals surface area contributed by atoms with Crippen LogP contribution in [0.25, 0.3) is 0 Å². The van der Waals surface area contributed by atoms with Gasteiger partial charge in [0.1, 0.15) is 0 Å². The van der Waals surface area contributed by atoms with Crippen molar-refractivity contribution in [2.24, 2.45) is 11.8 Å². The number of aryl methyl sites for hydroxylation is 1. The third kappa shape index (κ3) is 3.20. The van der Waals surface area contributed by atoms with Crippen molar-refractivity contribution in [3.8, 4) is 5.75 Å². The molecule has 2 heterocycles. The maximum absolute atomic E-state index is 11.5. The number of amides is 1. The van der Waals surface area contributed by atoms with Gasteiger partial charge < -0.3 is 19.7 Å². The maximum atomic E-state index is 11.5. The standard InChI is InChI=1S/C18H27N3O3/c1-11-18(24-4)16(5-6-19-11)21-9-13-7-15(20-12(2)22)17(23-3)8-14(13)10-21/h5-6,13-15,17H,7-10H2,1-4H3,(H,20,22)/t13-,14+,15-,17-/m1/s1. The summed E-state index contributed by atoms with van der Waals surface area (Å²) in [6, 6.07) is 2.14. The fourth-order valence-electron chi connectivity index (χ4n) is 4.32. The second-order valence-electron chi connectivity index (χ2n) is 6.93. The van der Waals surface area contributed by atoms with Gasteiger partial charge in [-0.1, -0.05) is 0 Å². The molecule has 0 bridgehead atoms. The summed E-state index contributed by atoms with van der Waals surface area (Å²) >= 11 is 0. The fraction of sp³-hybridized carbons (Fsp3) is 0.667. The van der Waals surface area contributed by atoms with Crippen molar-refractivity contribution < 1.29 is 14.3 Å². The smallest absolute Gasteiger partial charge is 0.217 e. The van der Waals surface area contributed by atoms with Crippen molar-refractivity contribution in [3.63, 3.8) is 0 Å². The first-order valence-electron chi connectivity index (χ1n) is 8.58. The van der Waals surface area contributed by atoms with E-state index in [-0.39, 0.29) is 18.1 Å². The molecule has 1 aliphatic carbocycles. The number of methoxy groups -OCH3 is 2. The van der Waals surface area contributed by atoms with Gasteiger partial charge in [-0.15, -0.1) is 0 Å². The van der Waals surface area contributed by atoms with Crippen LogP contribution in [0.4, 0.5) is 5.69 Å². The normalized spacial score (nSPS) is 29.2. The predicted octanol–water partition coefficient (Wildman–Crippen LogP) is 1.76. The zero-order valence-corrected chi connectivity index (χ0v) is 14.9. The largest absolute Gasteiger partial charge is 0.493 e. The Kier molecular flexibility index (Phi) is 4.94. The summed E-state index contributed by atoms with van der Waals surface area (Å²) in [7, 11) is 3.44. The van der Waals surface area contributed by atoms with Gasteiger partial charge in [-0.25, -0.2) is 0 Å². The molecule has 24 heavy (non-hydrogen) atoms. The molecule has 0 unspecified atom stereocenters. The highest BCUT2D eigenvalue weighted by Crippen LogP contribution is 2.41. The molecule has 2 aliphatic rings. The van der Waals surface area contributed by atoms with Gasteiger partial charge in [-0.05, 0) is 37.7 Å². The van der Waals surface area contributed by atoms with Crippen LogP contribution in [0.2, 0.25) is 0 Å². The summed E-state index contributed by atoms with van der Waals surface area (Å²) in [4.78, 5) is 18.2. The van der Waals surface area contributed by atoms with Crippen molar-refractivity contribution in [3.05, 3.63) is 18.0 Å². The van der Waals surface area contributed by atoms with Gasteiger partial charge >= 0.3 is 0 Å². The zero-order chi connectivity index (χ0) is 17.3. The molecule has 0 radical (unpaired) electrons. The van der Waals surface area contributed by atoms with Gasteiger partial charge in [0.05, 0.1) is 30.6 Å². The highest BCUT2D eigenvalue weighted by molar-refractivity contribution is 5.73. The van der Waals surface area contributed by atoms with Crippen LogP contribution in [0.15, 0.2) is 12.3 Å². The zero-order valence-electron chi connectivity index (χ0n) is 14.9. The van der Waals surface area contributed by atoms with Crippen molar-refractivity contribution in [1.29, 1.82) is 0 Å². The van der Waals surface area contributed by atoms with Crippen molar-refractivity contribution in [1.82, 2.24) is 10.3 Å². The summed E-state index contributed by atoms with van der Waals surface area (Å²) in [5.74, 6) is 2.02. The van der Waals surface area contributed by atoms with Crippen LogP contribution >= 0.6 is 0 Å². The van der Waals surface area contributed by atoms with Crippen LogP contribution in [0.3, 0.4) is 0 Å². The van der Waals surface area contributed by atoms with Crippen LogP contribution in [0.1, 0.15) is 25.5 Å². The number of ether oxygens (including phenoxy) is 2. The van der Waals surface area contributed by atoms with Gasteiger partial charge in [-0.3, -0.25) is 9.78 Å². The molecule has 4 atom stereocenters. The minimum absolute atomic E-state index is 0.0155. The fourth-order valence-corrected chi connectivity index (χ4v) is 4.32. The molecule has 1 saturated heterocycles. The Morgan fingerprint density at radius 1 is 1.29 bits per heavy atom. The van der Waals surface area contributed by atoms with E-state index < -0.39 is 0 Å². The Bertz CT molecular complexity index is 607. The van der Waals surface area contributed by atoms with E-state index in [1.54, 1.807) is 21.1 Å². The van der Waals surface area contributed by atoms with Crippen LogP contribution in [-0.4, -0.2) is 50.3 Å². The first-order chi connectivity index (χ1) is 11.5. The number of fused-ring (bicyclic) bond motifs is 1. The Labute approximate surface area is 143 Å². The monoisotopic (exact) mass is 333 g/mol. The van der Waals surface area contributed by atoms with E-state index in [0.29, 0.717) is 11.8 Å². The van der Waals surface area contributed by atoms with Gasteiger partial charge in [0, 0.05) is 33.3 Å². The molecule has 1 aromatic heterocycles. The number of hydrogen-bond donors (Lipinski definition) is 1. The van der Waals surface area contributed by atoms with Crippen LogP contribution in [0.5, 0.6) is 5.75 Å². The Balaban J connectivity index is 1.77. The molecule has 1 saturated carbocycles. The van der Waals surface area contributed by atoms with Gasteiger partial charge in [0.2, 0.25) is 5.91 Å². The van der Waals surface area contributed by atoms with E-state index in [9.17, 15) is 4.79 Å². The Morgan fingerprint density at radius 2 is 2.00 bits per heavy atom. The average Bonchev–Trinajstić information content (AvgIpc) is 2.95. The predicted molar refractivity (Wildman–Crippen MR) is 92.4 cm³/mol. The molecule has 1 N–H and O–H groups in total. The van der Waals surface area contributed by atoms with Crippen molar-refractivity contribution in [2.75, 3.05) is 32.2 Å². The van der Waals surface area contributed by atoms with Crippen molar-refractivity contribution in [2.45, 2.75) is 38.8 Å². The molecule has 1 aromatic rings. The molecule has 0 aromatic carbocycles. The number of carbonyl (C=O) groups excluding carboxylic acids is 1. The highest BCUT2D eigenvalue weighted by Gasteiger charge is 2.43.